The minimum atomic E-state index is -3.73. The molecular weight excluding hydrogens is 436 g/mol. The van der Waals surface area contributed by atoms with E-state index in [0.717, 1.165) is 53.7 Å². The van der Waals surface area contributed by atoms with Gasteiger partial charge in [0.15, 0.2) is 0 Å². The molecule has 5 nitrogen and oxygen atoms in total. The van der Waals surface area contributed by atoms with Gasteiger partial charge < -0.3 is 8.98 Å². The number of thiophene rings is 1. The standard InChI is InChI=1S/C22H22N2O3S3/c1-15-21(17-10-5-6-11-19(17)27-15)18-14-29-22(24(18)16-8-3-2-4-9-16)23-30(25,26)20-12-7-13-28-20/h5-7,10-14,16H,2-4,8-9H2,1H3. The van der Waals surface area contributed by atoms with E-state index in [0.29, 0.717) is 4.80 Å². The Balaban J connectivity index is 1.75. The summed E-state index contributed by atoms with van der Waals surface area (Å²) >= 11 is 2.59. The Morgan fingerprint density at radius 1 is 1.07 bits per heavy atom. The van der Waals surface area contributed by atoms with Gasteiger partial charge in [-0.15, -0.1) is 27.1 Å². The number of thiazole rings is 1. The molecule has 4 aromatic rings. The van der Waals surface area contributed by atoms with Crippen molar-refractivity contribution >= 4 is 43.7 Å². The lowest BCUT2D eigenvalue weighted by Crippen LogP contribution is -2.25. The maximum atomic E-state index is 12.9. The fourth-order valence-electron chi connectivity index (χ4n) is 4.31. The predicted molar refractivity (Wildman–Crippen MR) is 121 cm³/mol. The summed E-state index contributed by atoms with van der Waals surface area (Å²) in [6.07, 6.45) is 5.59. The molecule has 0 atom stereocenters. The van der Waals surface area contributed by atoms with Crippen LogP contribution in [0.3, 0.4) is 0 Å². The van der Waals surface area contributed by atoms with Crippen molar-refractivity contribution in [3.8, 4) is 11.3 Å². The van der Waals surface area contributed by atoms with Gasteiger partial charge in [-0.1, -0.05) is 43.5 Å². The monoisotopic (exact) mass is 458 g/mol. The average molecular weight is 459 g/mol. The lowest BCUT2D eigenvalue weighted by atomic mass is 9.94. The summed E-state index contributed by atoms with van der Waals surface area (Å²) in [5.74, 6) is 0.839. The number of aromatic nitrogens is 1. The largest absolute Gasteiger partial charge is 0.461 e. The van der Waals surface area contributed by atoms with Crippen LogP contribution in [0.5, 0.6) is 0 Å². The van der Waals surface area contributed by atoms with Crippen LogP contribution in [0, 0.1) is 6.92 Å². The molecule has 0 unspecified atom stereocenters. The van der Waals surface area contributed by atoms with Crippen LogP contribution >= 0.6 is 22.7 Å². The van der Waals surface area contributed by atoms with Crippen molar-refractivity contribution in [1.29, 1.82) is 0 Å². The normalized spacial score (nSPS) is 16.5. The van der Waals surface area contributed by atoms with Gasteiger partial charge >= 0.3 is 0 Å². The number of nitrogens with zero attached hydrogens (tertiary/aromatic N) is 2. The zero-order valence-corrected chi connectivity index (χ0v) is 19.0. The number of rotatable bonds is 4. The van der Waals surface area contributed by atoms with Crippen molar-refractivity contribution in [2.45, 2.75) is 49.3 Å². The first-order valence-corrected chi connectivity index (χ1v) is 13.3. The summed E-state index contributed by atoms with van der Waals surface area (Å²) in [4.78, 5) is 0.537. The van der Waals surface area contributed by atoms with Gasteiger partial charge in [0.25, 0.3) is 10.0 Å². The Morgan fingerprint density at radius 2 is 1.87 bits per heavy atom. The van der Waals surface area contributed by atoms with Crippen LogP contribution in [-0.2, 0) is 10.0 Å². The molecule has 0 N–H and O–H groups in total. The summed E-state index contributed by atoms with van der Waals surface area (Å²) < 4.78 is 38.5. The summed E-state index contributed by atoms with van der Waals surface area (Å²) in [6, 6.07) is 11.6. The second kappa shape index (κ2) is 7.83. The van der Waals surface area contributed by atoms with Gasteiger partial charge in [0, 0.05) is 22.4 Å². The number of sulfonamides is 1. The quantitative estimate of drug-likeness (QED) is 0.370. The third kappa shape index (κ3) is 3.46. The van der Waals surface area contributed by atoms with E-state index in [1.807, 2.05) is 30.5 Å². The highest BCUT2D eigenvalue weighted by molar-refractivity contribution is 7.92. The van der Waals surface area contributed by atoms with Crippen molar-refractivity contribution in [2.24, 2.45) is 4.40 Å². The van der Waals surface area contributed by atoms with Gasteiger partial charge in [0.1, 0.15) is 15.6 Å². The minimum Gasteiger partial charge on any atom is -0.461 e. The van der Waals surface area contributed by atoms with Gasteiger partial charge in [-0.05, 0) is 37.3 Å². The van der Waals surface area contributed by atoms with Gasteiger partial charge in [0.2, 0.25) is 4.80 Å². The molecule has 0 spiro atoms. The van der Waals surface area contributed by atoms with E-state index in [1.165, 1.54) is 29.1 Å². The van der Waals surface area contributed by atoms with Crippen molar-refractivity contribution in [2.75, 3.05) is 0 Å². The van der Waals surface area contributed by atoms with E-state index in [2.05, 4.69) is 15.0 Å². The van der Waals surface area contributed by atoms with E-state index >= 15 is 0 Å². The molecule has 0 aliphatic heterocycles. The lowest BCUT2D eigenvalue weighted by Gasteiger charge is -2.25. The third-order valence-corrected chi connectivity index (χ3v) is 9.25. The Labute approximate surface area is 183 Å². The van der Waals surface area contributed by atoms with Crippen LogP contribution in [0.4, 0.5) is 0 Å². The first-order valence-electron chi connectivity index (χ1n) is 10.1. The van der Waals surface area contributed by atoms with E-state index in [-0.39, 0.29) is 10.3 Å². The zero-order chi connectivity index (χ0) is 20.7. The highest BCUT2D eigenvalue weighted by Gasteiger charge is 2.25. The fourth-order valence-corrected chi connectivity index (χ4v) is 7.43. The smallest absolute Gasteiger partial charge is 0.294 e. The molecule has 156 valence electrons. The minimum absolute atomic E-state index is 0.241. The molecule has 0 radical (unpaired) electrons. The van der Waals surface area contributed by atoms with Crippen molar-refractivity contribution < 1.29 is 12.8 Å². The van der Waals surface area contributed by atoms with E-state index in [4.69, 9.17) is 4.42 Å². The number of hydrogen-bond donors (Lipinski definition) is 0. The molecule has 3 heterocycles. The molecule has 1 saturated carbocycles. The number of para-hydroxylation sites is 1. The Hall–Kier alpha value is -2.16. The summed E-state index contributed by atoms with van der Waals surface area (Å²) in [6.45, 7) is 1.97. The topological polar surface area (TPSA) is 64.6 Å². The van der Waals surface area contributed by atoms with E-state index in [9.17, 15) is 8.42 Å². The Morgan fingerprint density at radius 3 is 2.63 bits per heavy atom. The summed E-state index contributed by atoms with van der Waals surface area (Å²) in [7, 11) is -3.73. The molecule has 0 bridgehead atoms. The van der Waals surface area contributed by atoms with Gasteiger partial charge in [0.05, 0.1) is 5.69 Å². The molecule has 0 saturated heterocycles. The molecule has 5 rings (SSSR count). The molecule has 8 heteroatoms. The molecule has 30 heavy (non-hydrogen) atoms. The maximum absolute atomic E-state index is 12.9. The van der Waals surface area contributed by atoms with Crippen LogP contribution in [-0.4, -0.2) is 13.0 Å². The number of aryl methyl sites for hydroxylation is 1. The van der Waals surface area contributed by atoms with Crippen molar-refractivity contribution in [1.82, 2.24) is 4.57 Å². The third-order valence-electron chi connectivity index (χ3n) is 5.66. The summed E-state index contributed by atoms with van der Waals surface area (Å²) in [5, 5.41) is 4.84. The Bertz CT molecular complexity index is 1350. The molecule has 3 aromatic heterocycles. The first-order chi connectivity index (χ1) is 14.5. The van der Waals surface area contributed by atoms with Crippen LogP contribution in [0.25, 0.3) is 22.2 Å². The fraction of sp³-hybridized carbons (Fsp3) is 0.318. The highest BCUT2D eigenvalue weighted by Crippen LogP contribution is 2.38. The molecule has 0 amide bonds. The molecule has 1 aromatic carbocycles. The Kier molecular flexibility index (Phi) is 5.16. The number of furan rings is 1. The highest BCUT2D eigenvalue weighted by atomic mass is 32.2. The maximum Gasteiger partial charge on any atom is 0.294 e. The predicted octanol–water partition coefficient (Wildman–Crippen LogP) is 6.13. The van der Waals surface area contributed by atoms with Gasteiger partial charge in [-0.2, -0.15) is 8.42 Å². The summed E-state index contributed by atoms with van der Waals surface area (Å²) in [5.41, 5.74) is 2.87. The second-order valence-electron chi connectivity index (χ2n) is 7.59. The molecule has 1 fully saturated rings. The van der Waals surface area contributed by atoms with Gasteiger partial charge in [-0.25, -0.2) is 0 Å². The zero-order valence-electron chi connectivity index (χ0n) is 16.6. The molecular formula is C22H22N2O3S3. The van der Waals surface area contributed by atoms with Crippen LogP contribution in [0.2, 0.25) is 0 Å². The van der Waals surface area contributed by atoms with Crippen LogP contribution < -0.4 is 4.80 Å². The second-order valence-corrected chi connectivity index (χ2v) is 11.2. The molecule has 1 aliphatic rings. The molecule has 1 aliphatic carbocycles. The first kappa shape index (κ1) is 19.8. The van der Waals surface area contributed by atoms with Crippen molar-refractivity contribution in [3.63, 3.8) is 0 Å². The number of benzene rings is 1. The van der Waals surface area contributed by atoms with Gasteiger partial charge in [-0.3, -0.25) is 0 Å². The van der Waals surface area contributed by atoms with Crippen LogP contribution in [0.15, 0.2) is 60.2 Å². The number of fused-ring (bicyclic) bond motifs is 1. The van der Waals surface area contributed by atoms with E-state index in [1.54, 1.807) is 17.5 Å². The van der Waals surface area contributed by atoms with E-state index < -0.39 is 10.0 Å². The lowest BCUT2D eigenvalue weighted by molar-refractivity contribution is 0.351. The number of hydrogen-bond acceptors (Lipinski definition) is 5. The van der Waals surface area contributed by atoms with Crippen LogP contribution in [0.1, 0.15) is 43.9 Å². The van der Waals surface area contributed by atoms with Crippen molar-refractivity contribution in [3.05, 3.63) is 57.7 Å². The average Bonchev–Trinajstić information content (AvgIpc) is 3.47. The SMILES string of the molecule is Cc1oc2ccccc2c1-c1csc(=NS(=O)(=O)c2cccs2)n1C1CCCCC1.